The Kier molecular flexibility index (Phi) is 9.30. The van der Waals surface area contributed by atoms with E-state index >= 15 is 0 Å². The Morgan fingerprint density at radius 1 is 1.12 bits per heavy atom. The average Bonchev–Trinajstić information content (AvgIpc) is 3.48. The molecule has 0 saturated carbocycles. The summed E-state index contributed by atoms with van der Waals surface area (Å²) in [5.41, 5.74) is 1.50. The molecule has 1 aromatic heterocycles. The molecule has 1 saturated heterocycles. The first-order valence-electron chi connectivity index (χ1n) is 14.2. The lowest BCUT2D eigenvalue weighted by Crippen LogP contribution is -2.59. The van der Waals surface area contributed by atoms with Gasteiger partial charge in [-0.15, -0.1) is 0 Å². The number of carbonyl (C=O) groups is 3. The maximum atomic E-state index is 13.8. The molecule has 3 N–H and O–H groups in total. The van der Waals surface area contributed by atoms with Crippen LogP contribution in [0, 0.1) is 5.41 Å². The van der Waals surface area contributed by atoms with Crippen LogP contribution in [0.15, 0.2) is 48.8 Å². The van der Waals surface area contributed by atoms with Gasteiger partial charge in [0, 0.05) is 30.7 Å². The first kappa shape index (κ1) is 30.7. The standard InChI is InChI=1S/C31H41N7O4/c1-19(32-5)28(39)36-26(31(2,3)4)30(41)38-15-11-14-24(38)29(40)35-23-16-21-22(17-25(23)42-7)33-18-34-27(21)37(6)20-12-9-8-10-13-20/h8-10,12-13,16-19,24,26,32H,11,14-15H2,1-7H3,(H,35,40)(H,36,39)/t19-,24-,26+/m0/s1. The average molecular weight is 576 g/mol. The third-order valence-corrected chi connectivity index (χ3v) is 7.72. The first-order chi connectivity index (χ1) is 20.0. The largest absolute Gasteiger partial charge is 0.494 e. The lowest BCUT2D eigenvalue weighted by atomic mass is 9.85. The molecule has 3 atom stereocenters. The minimum Gasteiger partial charge on any atom is -0.494 e. The van der Waals surface area contributed by atoms with Gasteiger partial charge in [0.05, 0.1) is 24.4 Å². The van der Waals surface area contributed by atoms with Gasteiger partial charge in [-0.2, -0.15) is 0 Å². The summed E-state index contributed by atoms with van der Waals surface area (Å²) in [5, 5.41) is 9.54. The predicted molar refractivity (Wildman–Crippen MR) is 164 cm³/mol. The highest BCUT2D eigenvalue weighted by atomic mass is 16.5. The number of methoxy groups -OCH3 is 1. The molecule has 3 aromatic rings. The van der Waals surface area contributed by atoms with Crippen molar-refractivity contribution in [3.05, 3.63) is 48.8 Å². The van der Waals surface area contributed by atoms with Gasteiger partial charge in [-0.1, -0.05) is 39.0 Å². The summed E-state index contributed by atoms with van der Waals surface area (Å²) < 4.78 is 5.61. The van der Waals surface area contributed by atoms with Crippen LogP contribution in [0.25, 0.3) is 10.9 Å². The minimum absolute atomic E-state index is 0.273. The summed E-state index contributed by atoms with van der Waals surface area (Å²) in [6.45, 7) is 7.86. The van der Waals surface area contributed by atoms with Crippen molar-refractivity contribution < 1.29 is 19.1 Å². The number of aromatic nitrogens is 2. The Morgan fingerprint density at radius 3 is 2.48 bits per heavy atom. The second-order valence-electron chi connectivity index (χ2n) is 11.7. The second kappa shape index (κ2) is 12.7. The highest BCUT2D eigenvalue weighted by Crippen LogP contribution is 2.36. The molecule has 1 aliphatic rings. The summed E-state index contributed by atoms with van der Waals surface area (Å²) in [6.07, 6.45) is 2.69. The zero-order valence-electron chi connectivity index (χ0n) is 25.4. The lowest BCUT2D eigenvalue weighted by molar-refractivity contribution is -0.143. The predicted octanol–water partition coefficient (Wildman–Crippen LogP) is 3.47. The van der Waals surface area contributed by atoms with Crippen molar-refractivity contribution in [1.29, 1.82) is 0 Å². The molecule has 4 rings (SSSR count). The van der Waals surface area contributed by atoms with E-state index in [2.05, 4.69) is 25.9 Å². The maximum absolute atomic E-state index is 13.8. The number of carbonyl (C=O) groups excluding carboxylic acids is 3. The Hall–Kier alpha value is -4.25. The van der Waals surface area contributed by atoms with E-state index in [0.717, 1.165) is 11.1 Å². The summed E-state index contributed by atoms with van der Waals surface area (Å²) in [7, 11) is 5.14. The molecule has 0 radical (unpaired) electrons. The number of likely N-dealkylation sites (tertiary alicyclic amines) is 1. The number of nitrogens with one attached hydrogen (secondary N) is 3. The molecular formula is C31H41N7O4. The molecule has 11 heteroatoms. The molecule has 0 aliphatic carbocycles. The molecule has 0 unspecified atom stereocenters. The van der Waals surface area contributed by atoms with Gasteiger partial charge in [-0.3, -0.25) is 14.4 Å². The molecule has 1 aliphatic heterocycles. The van der Waals surface area contributed by atoms with Crippen LogP contribution in [0.5, 0.6) is 5.75 Å². The van der Waals surface area contributed by atoms with E-state index in [1.165, 1.54) is 13.4 Å². The summed E-state index contributed by atoms with van der Waals surface area (Å²) in [5.74, 6) is 0.241. The van der Waals surface area contributed by atoms with Crippen LogP contribution in [-0.2, 0) is 14.4 Å². The van der Waals surface area contributed by atoms with E-state index < -0.39 is 23.5 Å². The molecule has 0 bridgehead atoms. The first-order valence-corrected chi connectivity index (χ1v) is 14.2. The molecule has 3 amide bonds. The van der Waals surface area contributed by atoms with Crippen molar-refractivity contribution in [3.8, 4) is 5.75 Å². The maximum Gasteiger partial charge on any atom is 0.247 e. The molecule has 0 spiro atoms. The van der Waals surface area contributed by atoms with Crippen LogP contribution >= 0.6 is 0 Å². The van der Waals surface area contributed by atoms with Crippen LogP contribution in [0.1, 0.15) is 40.5 Å². The topological polar surface area (TPSA) is 129 Å². The number of benzene rings is 2. The normalized spacial score (nSPS) is 16.5. The van der Waals surface area contributed by atoms with Gasteiger partial charge in [0.1, 0.15) is 30.0 Å². The number of hydrogen-bond acceptors (Lipinski definition) is 8. The van der Waals surface area contributed by atoms with Crippen molar-refractivity contribution in [2.24, 2.45) is 5.41 Å². The van der Waals surface area contributed by atoms with Gasteiger partial charge in [-0.05, 0) is 50.4 Å². The van der Waals surface area contributed by atoms with Crippen molar-refractivity contribution >= 4 is 45.8 Å². The summed E-state index contributed by atoms with van der Waals surface area (Å²) >= 11 is 0. The highest BCUT2D eigenvalue weighted by Gasteiger charge is 2.42. The third kappa shape index (κ3) is 6.46. The number of para-hydroxylation sites is 1. The molecule has 2 aromatic carbocycles. The molecule has 42 heavy (non-hydrogen) atoms. The highest BCUT2D eigenvalue weighted by molar-refractivity contribution is 6.03. The Bertz CT molecular complexity index is 1440. The van der Waals surface area contributed by atoms with Crippen LogP contribution < -0.4 is 25.6 Å². The summed E-state index contributed by atoms with van der Waals surface area (Å²) in [6, 6.07) is 11.4. The van der Waals surface area contributed by atoms with Crippen LogP contribution in [0.4, 0.5) is 17.2 Å². The van der Waals surface area contributed by atoms with E-state index in [0.29, 0.717) is 42.2 Å². The van der Waals surface area contributed by atoms with Gasteiger partial charge >= 0.3 is 0 Å². The number of fused-ring (bicyclic) bond motifs is 1. The van der Waals surface area contributed by atoms with E-state index in [1.807, 2.05) is 63.1 Å². The zero-order valence-corrected chi connectivity index (χ0v) is 25.4. The van der Waals surface area contributed by atoms with Gasteiger partial charge in [0.15, 0.2) is 0 Å². The Morgan fingerprint density at radius 2 is 1.83 bits per heavy atom. The summed E-state index contributed by atoms with van der Waals surface area (Å²) in [4.78, 5) is 52.7. The van der Waals surface area contributed by atoms with Crippen LogP contribution in [0.2, 0.25) is 0 Å². The minimum atomic E-state index is -0.794. The fraction of sp³-hybridized carbons (Fsp3) is 0.452. The van der Waals surface area contributed by atoms with Crippen molar-refractivity contribution in [1.82, 2.24) is 25.5 Å². The molecule has 1 fully saturated rings. The van der Waals surface area contributed by atoms with Crippen LogP contribution in [-0.4, -0.2) is 78.5 Å². The third-order valence-electron chi connectivity index (χ3n) is 7.72. The molecule has 224 valence electrons. The fourth-order valence-corrected chi connectivity index (χ4v) is 5.11. The lowest BCUT2D eigenvalue weighted by Gasteiger charge is -2.36. The number of hydrogen-bond donors (Lipinski definition) is 3. The SMILES string of the molecule is CN[C@@H](C)C(=O)N[C@H](C(=O)N1CCC[C@H]1C(=O)Nc1cc2c(N(C)c3ccccc3)ncnc2cc1OC)C(C)(C)C. The second-order valence-corrected chi connectivity index (χ2v) is 11.7. The van der Waals surface area contributed by atoms with Crippen LogP contribution in [0.3, 0.4) is 0 Å². The fourth-order valence-electron chi connectivity index (χ4n) is 5.11. The number of anilines is 3. The number of likely N-dealkylation sites (N-methyl/N-ethyl adjacent to an activating group) is 1. The van der Waals surface area contributed by atoms with Gasteiger partial charge < -0.3 is 30.5 Å². The van der Waals surface area contributed by atoms with E-state index in [4.69, 9.17) is 4.74 Å². The smallest absolute Gasteiger partial charge is 0.247 e. The number of nitrogens with zero attached hydrogens (tertiary/aromatic N) is 4. The van der Waals surface area contributed by atoms with Gasteiger partial charge in [-0.25, -0.2) is 9.97 Å². The quantitative estimate of drug-likeness (QED) is 0.354. The number of amides is 3. The van der Waals surface area contributed by atoms with E-state index in [1.54, 1.807) is 31.0 Å². The van der Waals surface area contributed by atoms with Crippen molar-refractivity contribution in [2.45, 2.75) is 58.7 Å². The molecule has 2 heterocycles. The molecule has 11 nitrogen and oxygen atoms in total. The zero-order chi connectivity index (χ0) is 30.6. The Labute approximate surface area is 247 Å². The van der Waals surface area contributed by atoms with E-state index in [-0.39, 0.29) is 17.7 Å². The Balaban J connectivity index is 1.62. The van der Waals surface area contributed by atoms with Crippen molar-refractivity contribution in [3.63, 3.8) is 0 Å². The number of ether oxygens (including phenoxy) is 1. The molecular weight excluding hydrogens is 534 g/mol. The number of rotatable bonds is 9. The van der Waals surface area contributed by atoms with Crippen molar-refractivity contribution in [2.75, 3.05) is 38.0 Å². The van der Waals surface area contributed by atoms with Gasteiger partial charge in [0.25, 0.3) is 0 Å². The van der Waals surface area contributed by atoms with E-state index in [9.17, 15) is 14.4 Å². The monoisotopic (exact) mass is 575 g/mol. The van der Waals surface area contributed by atoms with Gasteiger partial charge in [0.2, 0.25) is 17.7 Å².